The maximum Gasteiger partial charge on any atom is 0.319 e. The van der Waals surface area contributed by atoms with E-state index in [4.69, 9.17) is 0 Å². The van der Waals surface area contributed by atoms with E-state index in [1.54, 1.807) is 30.0 Å². The van der Waals surface area contributed by atoms with Crippen molar-refractivity contribution in [2.24, 2.45) is 5.92 Å². The van der Waals surface area contributed by atoms with Gasteiger partial charge in [0.25, 0.3) is 0 Å². The number of nitrogens with zero attached hydrogens (tertiary/aromatic N) is 3. The number of thiazole rings is 1. The lowest BCUT2D eigenvalue weighted by molar-refractivity contribution is -0.121. The molecule has 0 radical (unpaired) electrons. The first-order valence-electron chi connectivity index (χ1n) is 8.79. The average Bonchev–Trinajstić information content (AvgIpc) is 3.02. The molecule has 2 N–H and O–H groups in total. The van der Waals surface area contributed by atoms with Crippen LogP contribution in [0.15, 0.2) is 18.2 Å². The predicted octanol–water partition coefficient (Wildman–Crippen LogP) is 2.59. The predicted molar refractivity (Wildman–Crippen MR) is 106 cm³/mol. The third kappa shape index (κ3) is 4.54. The Morgan fingerprint density at radius 3 is 2.52 bits per heavy atom. The van der Waals surface area contributed by atoms with Crippen LogP contribution in [0.3, 0.4) is 0 Å². The van der Waals surface area contributed by atoms with E-state index in [9.17, 15) is 14.4 Å². The molecule has 8 nitrogen and oxygen atoms in total. The van der Waals surface area contributed by atoms with E-state index >= 15 is 0 Å². The van der Waals surface area contributed by atoms with Crippen molar-refractivity contribution in [3.05, 3.63) is 18.2 Å². The third-order valence-corrected chi connectivity index (χ3v) is 5.39. The molecule has 1 saturated heterocycles. The van der Waals surface area contributed by atoms with Gasteiger partial charge in [0.2, 0.25) is 11.8 Å². The molecule has 2 aromatic rings. The summed E-state index contributed by atoms with van der Waals surface area (Å²) in [6.07, 6.45) is 1.28. The quantitative estimate of drug-likeness (QED) is 0.844. The van der Waals surface area contributed by atoms with Gasteiger partial charge in [0.15, 0.2) is 5.13 Å². The van der Waals surface area contributed by atoms with Crippen molar-refractivity contribution < 1.29 is 14.4 Å². The largest absolute Gasteiger partial charge is 0.331 e. The molecule has 0 bridgehead atoms. The van der Waals surface area contributed by atoms with Crippen molar-refractivity contribution in [3.8, 4) is 0 Å². The average molecular weight is 389 g/mol. The van der Waals surface area contributed by atoms with Gasteiger partial charge in [-0.3, -0.25) is 9.59 Å². The minimum Gasteiger partial charge on any atom is -0.331 e. The Hall–Kier alpha value is -2.68. The first-order chi connectivity index (χ1) is 12.8. The number of anilines is 2. The van der Waals surface area contributed by atoms with Crippen LogP contribution in [0.2, 0.25) is 0 Å². The molecule has 4 amide bonds. The minimum absolute atomic E-state index is 0.0185. The molecule has 1 aliphatic rings. The number of fused-ring (bicyclic) bond motifs is 1. The summed E-state index contributed by atoms with van der Waals surface area (Å²) in [7, 11) is 3.46. The molecule has 9 heteroatoms. The van der Waals surface area contributed by atoms with Gasteiger partial charge in [-0.15, -0.1) is 0 Å². The molecule has 1 aromatic carbocycles. The lowest BCUT2D eigenvalue weighted by Gasteiger charge is -2.32. The monoisotopic (exact) mass is 389 g/mol. The lowest BCUT2D eigenvalue weighted by atomic mass is 9.96. The van der Waals surface area contributed by atoms with Gasteiger partial charge >= 0.3 is 6.03 Å². The van der Waals surface area contributed by atoms with Gasteiger partial charge in [-0.1, -0.05) is 11.3 Å². The Morgan fingerprint density at radius 2 is 1.89 bits per heavy atom. The number of amides is 4. The molecule has 144 valence electrons. The van der Waals surface area contributed by atoms with Crippen molar-refractivity contribution in [1.82, 2.24) is 14.8 Å². The number of carbonyl (C=O) groups excluding carboxylic acids is 3. The molecular formula is C18H23N5O3S. The Kier molecular flexibility index (Phi) is 5.59. The highest BCUT2D eigenvalue weighted by molar-refractivity contribution is 7.22. The number of piperidine rings is 1. The van der Waals surface area contributed by atoms with Crippen molar-refractivity contribution >= 4 is 50.2 Å². The van der Waals surface area contributed by atoms with Crippen molar-refractivity contribution in [3.63, 3.8) is 0 Å². The smallest absolute Gasteiger partial charge is 0.319 e. The van der Waals surface area contributed by atoms with Crippen molar-refractivity contribution in [2.75, 3.05) is 37.8 Å². The molecule has 0 atom stereocenters. The topological polar surface area (TPSA) is 94.6 Å². The molecule has 0 aliphatic carbocycles. The fourth-order valence-electron chi connectivity index (χ4n) is 3.08. The molecule has 0 saturated carbocycles. The fraction of sp³-hybridized carbons (Fsp3) is 0.444. The normalized spacial score (nSPS) is 14.9. The summed E-state index contributed by atoms with van der Waals surface area (Å²) in [6.45, 7) is 2.62. The molecular weight excluding hydrogens is 366 g/mol. The SMILES string of the molecule is CC(=O)Nc1ccc2nc(NC(=O)C3CCN(C(=O)N(C)C)CC3)sc2c1. The van der Waals surface area contributed by atoms with E-state index in [1.165, 1.54) is 18.3 Å². The molecule has 3 rings (SSSR count). The Morgan fingerprint density at radius 1 is 1.19 bits per heavy atom. The van der Waals surface area contributed by atoms with E-state index in [1.807, 2.05) is 12.1 Å². The highest BCUT2D eigenvalue weighted by Gasteiger charge is 2.28. The van der Waals surface area contributed by atoms with Crippen LogP contribution >= 0.6 is 11.3 Å². The van der Waals surface area contributed by atoms with E-state index in [-0.39, 0.29) is 23.8 Å². The molecule has 2 heterocycles. The summed E-state index contributed by atoms with van der Waals surface area (Å²) in [5.41, 5.74) is 1.48. The van der Waals surface area contributed by atoms with Gasteiger partial charge in [-0.05, 0) is 31.0 Å². The summed E-state index contributed by atoms with van der Waals surface area (Å²) in [5, 5.41) is 6.18. The van der Waals surface area contributed by atoms with Gasteiger partial charge < -0.3 is 20.4 Å². The highest BCUT2D eigenvalue weighted by Crippen LogP contribution is 2.29. The van der Waals surface area contributed by atoms with Crippen molar-refractivity contribution in [1.29, 1.82) is 0 Å². The zero-order chi connectivity index (χ0) is 19.6. The summed E-state index contributed by atoms with van der Waals surface area (Å²) in [5.74, 6) is -0.322. The fourth-order valence-corrected chi connectivity index (χ4v) is 3.99. The Balaban J connectivity index is 1.61. The first-order valence-corrected chi connectivity index (χ1v) is 9.60. The Bertz CT molecular complexity index is 871. The summed E-state index contributed by atoms with van der Waals surface area (Å²) in [6, 6.07) is 5.43. The minimum atomic E-state index is -0.133. The lowest BCUT2D eigenvalue weighted by Crippen LogP contribution is -2.45. The number of urea groups is 1. The number of hydrogen-bond acceptors (Lipinski definition) is 5. The second-order valence-corrected chi connectivity index (χ2v) is 7.84. The maximum absolute atomic E-state index is 12.6. The van der Waals surface area contributed by atoms with E-state index in [0.717, 1.165) is 10.2 Å². The Labute approximate surface area is 161 Å². The van der Waals surface area contributed by atoms with Crippen LogP contribution in [-0.4, -0.2) is 59.8 Å². The van der Waals surface area contributed by atoms with Gasteiger partial charge in [0.05, 0.1) is 10.2 Å². The van der Waals surface area contributed by atoms with Gasteiger partial charge in [0, 0.05) is 45.7 Å². The van der Waals surface area contributed by atoms with Gasteiger partial charge in [-0.2, -0.15) is 0 Å². The molecule has 1 aliphatic heterocycles. The number of hydrogen-bond donors (Lipinski definition) is 2. The molecule has 0 unspecified atom stereocenters. The number of benzene rings is 1. The summed E-state index contributed by atoms with van der Waals surface area (Å²) < 4.78 is 0.892. The zero-order valence-corrected chi connectivity index (χ0v) is 16.4. The number of likely N-dealkylation sites (tertiary alicyclic amines) is 1. The standard InChI is InChI=1S/C18H23N5O3S/c1-11(24)19-13-4-5-14-15(10-13)27-17(20-14)21-16(25)12-6-8-23(9-7-12)18(26)22(2)3/h4-5,10,12H,6-9H2,1-3H3,(H,19,24)(H,20,21,25). The number of carbonyl (C=O) groups is 3. The highest BCUT2D eigenvalue weighted by atomic mass is 32.1. The van der Waals surface area contributed by atoms with Crippen LogP contribution in [0.5, 0.6) is 0 Å². The molecule has 1 fully saturated rings. The third-order valence-electron chi connectivity index (χ3n) is 4.46. The number of aromatic nitrogens is 1. The van der Waals surface area contributed by atoms with E-state index < -0.39 is 0 Å². The van der Waals surface area contributed by atoms with Crippen LogP contribution in [-0.2, 0) is 9.59 Å². The van der Waals surface area contributed by atoms with Crippen LogP contribution in [0.1, 0.15) is 19.8 Å². The molecule has 27 heavy (non-hydrogen) atoms. The molecule has 0 spiro atoms. The second kappa shape index (κ2) is 7.91. The van der Waals surface area contributed by atoms with Crippen LogP contribution in [0, 0.1) is 5.92 Å². The van der Waals surface area contributed by atoms with Crippen LogP contribution in [0.4, 0.5) is 15.6 Å². The van der Waals surface area contributed by atoms with Crippen LogP contribution in [0.25, 0.3) is 10.2 Å². The summed E-state index contributed by atoms with van der Waals surface area (Å²) >= 11 is 1.37. The van der Waals surface area contributed by atoms with Gasteiger partial charge in [0.1, 0.15) is 0 Å². The van der Waals surface area contributed by atoms with E-state index in [0.29, 0.717) is 36.8 Å². The first kappa shape index (κ1) is 19.1. The zero-order valence-electron chi connectivity index (χ0n) is 15.6. The van der Waals surface area contributed by atoms with Crippen LogP contribution < -0.4 is 10.6 Å². The summed E-state index contributed by atoms with van der Waals surface area (Å²) in [4.78, 5) is 43.5. The van der Waals surface area contributed by atoms with Crippen molar-refractivity contribution in [2.45, 2.75) is 19.8 Å². The van der Waals surface area contributed by atoms with E-state index in [2.05, 4.69) is 15.6 Å². The van der Waals surface area contributed by atoms with Gasteiger partial charge in [-0.25, -0.2) is 9.78 Å². The molecule has 1 aromatic heterocycles. The maximum atomic E-state index is 12.6. The number of nitrogens with one attached hydrogen (secondary N) is 2. The number of rotatable bonds is 3. The second-order valence-electron chi connectivity index (χ2n) is 6.81.